The molecule has 3 heterocycles. The second-order valence-corrected chi connectivity index (χ2v) is 6.39. The number of rotatable bonds is 4. The molecule has 3 rings (SSSR count). The molecule has 20 heavy (non-hydrogen) atoms. The summed E-state index contributed by atoms with van der Waals surface area (Å²) in [7, 11) is 0. The maximum absolute atomic E-state index is 12.2. The number of nitrogens with zero attached hydrogens (tertiary/aromatic N) is 3. The molecule has 0 spiro atoms. The van der Waals surface area contributed by atoms with Crippen LogP contribution in [-0.2, 0) is 0 Å². The third kappa shape index (κ3) is 2.78. The number of anilines is 1. The molecule has 0 saturated carbocycles. The van der Waals surface area contributed by atoms with Crippen molar-refractivity contribution in [2.75, 3.05) is 25.0 Å². The Kier molecular flexibility index (Phi) is 4.16. The second kappa shape index (κ2) is 6.05. The molecule has 2 aliphatic rings. The van der Waals surface area contributed by atoms with E-state index in [0.29, 0.717) is 16.2 Å². The standard InChI is InChI=1S/C13H21N5OS/c1-2-14-13-17-16-12(20-13)11(19)15-9-6-8-18-7-4-3-5-10(9)18/h9-10H,2-8H2,1H3,(H,14,17)(H,15,19). The van der Waals surface area contributed by atoms with E-state index in [1.807, 2.05) is 6.92 Å². The Labute approximate surface area is 123 Å². The topological polar surface area (TPSA) is 70.1 Å². The fourth-order valence-corrected chi connectivity index (χ4v) is 3.90. The molecule has 1 aromatic heterocycles. The smallest absolute Gasteiger partial charge is 0.282 e. The zero-order valence-electron chi connectivity index (χ0n) is 11.8. The van der Waals surface area contributed by atoms with Gasteiger partial charge in [0, 0.05) is 25.2 Å². The Bertz CT molecular complexity index is 477. The van der Waals surface area contributed by atoms with Crippen molar-refractivity contribution in [3.05, 3.63) is 5.01 Å². The van der Waals surface area contributed by atoms with Gasteiger partial charge in [-0.05, 0) is 32.7 Å². The molecule has 2 fully saturated rings. The van der Waals surface area contributed by atoms with Crippen LogP contribution in [0.1, 0.15) is 42.4 Å². The number of fused-ring (bicyclic) bond motifs is 1. The Morgan fingerprint density at radius 2 is 2.25 bits per heavy atom. The van der Waals surface area contributed by atoms with Gasteiger partial charge in [0.2, 0.25) is 10.1 Å². The van der Waals surface area contributed by atoms with Crippen LogP contribution in [0.25, 0.3) is 0 Å². The number of carbonyl (C=O) groups excluding carboxylic acids is 1. The van der Waals surface area contributed by atoms with Gasteiger partial charge in [-0.3, -0.25) is 9.69 Å². The molecule has 0 aliphatic carbocycles. The molecule has 1 aromatic rings. The van der Waals surface area contributed by atoms with Crippen LogP contribution in [0.15, 0.2) is 0 Å². The lowest BCUT2D eigenvalue weighted by molar-refractivity contribution is 0.0914. The summed E-state index contributed by atoms with van der Waals surface area (Å²) in [5, 5.41) is 15.3. The van der Waals surface area contributed by atoms with Crippen molar-refractivity contribution >= 4 is 22.4 Å². The fraction of sp³-hybridized carbons (Fsp3) is 0.769. The Morgan fingerprint density at radius 3 is 3.10 bits per heavy atom. The number of piperidine rings is 1. The van der Waals surface area contributed by atoms with E-state index in [1.165, 1.54) is 37.1 Å². The van der Waals surface area contributed by atoms with Gasteiger partial charge in [0.25, 0.3) is 5.91 Å². The normalized spacial score (nSPS) is 26.2. The summed E-state index contributed by atoms with van der Waals surface area (Å²) < 4.78 is 0. The summed E-state index contributed by atoms with van der Waals surface area (Å²) in [6.07, 6.45) is 4.81. The van der Waals surface area contributed by atoms with E-state index in [-0.39, 0.29) is 11.9 Å². The first kappa shape index (κ1) is 13.8. The van der Waals surface area contributed by atoms with Gasteiger partial charge in [-0.25, -0.2) is 0 Å². The number of amides is 1. The molecule has 2 saturated heterocycles. The highest BCUT2D eigenvalue weighted by Crippen LogP contribution is 2.27. The van der Waals surface area contributed by atoms with Crippen LogP contribution in [0, 0.1) is 0 Å². The SMILES string of the molecule is CCNc1nnc(C(=O)NC2CCN3CCCCC23)s1. The summed E-state index contributed by atoms with van der Waals surface area (Å²) >= 11 is 1.32. The van der Waals surface area contributed by atoms with Gasteiger partial charge in [0.05, 0.1) is 0 Å². The predicted molar refractivity (Wildman–Crippen MR) is 79.2 cm³/mol. The minimum absolute atomic E-state index is 0.0796. The van der Waals surface area contributed by atoms with Crippen LogP contribution < -0.4 is 10.6 Å². The third-order valence-electron chi connectivity index (χ3n) is 4.12. The lowest BCUT2D eigenvalue weighted by Crippen LogP contribution is -2.46. The highest BCUT2D eigenvalue weighted by Gasteiger charge is 2.36. The number of hydrogen-bond donors (Lipinski definition) is 2. The van der Waals surface area contributed by atoms with Crippen molar-refractivity contribution in [1.82, 2.24) is 20.4 Å². The van der Waals surface area contributed by atoms with E-state index >= 15 is 0 Å². The third-order valence-corrected chi connectivity index (χ3v) is 5.00. The van der Waals surface area contributed by atoms with Crippen molar-refractivity contribution < 1.29 is 4.79 Å². The Morgan fingerprint density at radius 1 is 1.35 bits per heavy atom. The van der Waals surface area contributed by atoms with E-state index in [1.54, 1.807) is 0 Å². The minimum Gasteiger partial charge on any atom is -0.360 e. The molecule has 2 atom stereocenters. The summed E-state index contributed by atoms with van der Waals surface area (Å²) in [6.45, 7) is 5.07. The van der Waals surface area contributed by atoms with Gasteiger partial charge < -0.3 is 10.6 Å². The first-order chi connectivity index (χ1) is 9.78. The fourth-order valence-electron chi connectivity index (χ4n) is 3.18. The molecule has 2 aliphatic heterocycles. The molecule has 2 N–H and O–H groups in total. The lowest BCUT2D eigenvalue weighted by Gasteiger charge is -2.32. The van der Waals surface area contributed by atoms with E-state index in [0.717, 1.165) is 19.5 Å². The van der Waals surface area contributed by atoms with Gasteiger partial charge in [-0.15, -0.1) is 10.2 Å². The number of carbonyl (C=O) groups is 1. The molecular weight excluding hydrogens is 274 g/mol. The van der Waals surface area contributed by atoms with Crippen LogP contribution in [-0.4, -0.2) is 52.7 Å². The van der Waals surface area contributed by atoms with E-state index in [4.69, 9.17) is 0 Å². The second-order valence-electron chi connectivity index (χ2n) is 5.41. The molecule has 0 aromatic carbocycles. The number of hydrogen-bond acceptors (Lipinski definition) is 6. The van der Waals surface area contributed by atoms with E-state index in [9.17, 15) is 4.79 Å². The van der Waals surface area contributed by atoms with Crippen LogP contribution in [0.4, 0.5) is 5.13 Å². The average Bonchev–Trinajstić information content (AvgIpc) is 3.07. The molecule has 7 heteroatoms. The van der Waals surface area contributed by atoms with Crippen molar-refractivity contribution in [2.24, 2.45) is 0 Å². The number of aromatic nitrogens is 2. The van der Waals surface area contributed by atoms with Crippen LogP contribution in [0.5, 0.6) is 0 Å². The van der Waals surface area contributed by atoms with Crippen molar-refractivity contribution in [2.45, 2.75) is 44.7 Å². The van der Waals surface area contributed by atoms with Crippen LogP contribution in [0.3, 0.4) is 0 Å². The van der Waals surface area contributed by atoms with Crippen molar-refractivity contribution in [3.63, 3.8) is 0 Å². The largest absolute Gasteiger partial charge is 0.360 e. The van der Waals surface area contributed by atoms with Gasteiger partial charge >= 0.3 is 0 Å². The minimum atomic E-state index is -0.0796. The maximum Gasteiger partial charge on any atom is 0.282 e. The summed E-state index contributed by atoms with van der Waals surface area (Å²) in [4.78, 5) is 14.8. The highest BCUT2D eigenvalue weighted by atomic mass is 32.1. The lowest BCUT2D eigenvalue weighted by atomic mass is 9.99. The summed E-state index contributed by atoms with van der Waals surface area (Å²) in [6, 6.07) is 0.795. The first-order valence-electron chi connectivity index (χ1n) is 7.40. The zero-order chi connectivity index (χ0) is 13.9. The predicted octanol–water partition coefficient (Wildman–Crippen LogP) is 1.33. The van der Waals surface area contributed by atoms with Gasteiger partial charge in [-0.2, -0.15) is 0 Å². The van der Waals surface area contributed by atoms with Crippen molar-refractivity contribution in [1.29, 1.82) is 0 Å². The molecule has 0 radical (unpaired) electrons. The molecule has 2 unspecified atom stereocenters. The molecule has 6 nitrogen and oxygen atoms in total. The van der Waals surface area contributed by atoms with Gasteiger partial charge in [-0.1, -0.05) is 17.8 Å². The quantitative estimate of drug-likeness (QED) is 0.877. The van der Waals surface area contributed by atoms with Crippen LogP contribution >= 0.6 is 11.3 Å². The molecule has 110 valence electrons. The zero-order valence-corrected chi connectivity index (χ0v) is 12.6. The monoisotopic (exact) mass is 295 g/mol. The molecule has 1 amide bonds. The Hall–Kier alpha value is -1.21. The van der Waals surface area contributed by atoms with Gasteiger partial charge in [0.15, 0.2) is 0 Å². The van der Waals surface area contributed by atoms with Crippen molar-refractivity contribution in [3.8, 4) is 0 Å². The first-order valence-corrected chi connectivity index (χ1v) is 8.22. The van der Waals surface area contributed by atoms with Crippen LogP contribution in [0.2, 0.25) is 0 Å². The molecular formula is C13H21N5OS. The summed E-state index contributed by atoms with van der Waals surface area (Å²) in [5.74, 6) is -0.0796. The average molecular weight is 295 g/mol. The van der Waals surface area contributed by atoms with Gasteiger partial charge in [0.1, 0.15) is 0 Å². The Balaban J connectivity index is 1.60. The summed E-state index contributed by atoms with van der Waals surface area (Å²) in [5.41, 5.74) is 0. The molecule has 0 bridgehead atoms. The van der Waals surface area contributed by atoms with E-state index in [2.05, 4.69) is 25.7 Å². The maximum atomic E-state index is 12.2. The van der Waals surface area contributed by atoms with E-state index < -0.39 is 0 Å². The highest BCUT2D eigenvalue weighted by molar-refractivity contribution is 7.17. The number of nitrogens with one attached hydrogen (secondary N) is 2.